The minimum Gasteiger partial charge on any atom is -0.494 e. The zero-order valence-corrected chi connectivity index (χ0v) is 15.9. The third-order valence-electron chi connectivity index (χ3n) is 3.75. The van der Waals surface area contributed by atoms with Gasteiger partial charge < -0.3 is 4.74 Å². The highest BCUT2D eigenvalue weighted by Crippen LogP contribution is 2.16. The molecule has 2 aromatic rings. The quantitative estimate of drug-likeness (QED) is 0.619. The van der Waals surface area contributed by atoms with Crippen LogP contribution >= 0.6 is 11.6 Å². The monoisotopic (exact) mass is 381 g/mol. The second-order valence-electron chi connectivity index (χ2n) is 5.80. The van der Waals surface area contributed by atoms with Crippen LogP contribution in [0.15, 0.2) is 53.4 Å². The van der Waals surface area contributed by atoms with Gasteiger partial charge in [0.05, 0.1) is 11.5 Å². The minimum absolute atomic E-state index is 0.252. The van der Waals surface area contributed by atoms with Gasteiger partial charge in [0, 0.05) is 11.6 Å². The SMILES string of the molecule is CCCCOc1ccc(S(=O)(=O)NCCCc2ccc(Cl)cc2)cc1. The molecule has 0 unspecified atom stereocenters. The Balaban J connectivity index is 1.81. The Morgan fingerprint density at radius 3 is 2.32 bits per heavy atom. The van der Waals surface area contributed by atoms with Gasteiger partial charge in [-0.3, -0.25) is 0 Å². The molecule has 0 aliphatic rings. The zero-order chi connectivity index (χ0) is 18.1. The summed E-state index contributed by atoms with van der Waals surface area (Å²) in [4.78, 5) is 0.252. The van der Waals surface area contributed by atoms with Crippen LogP contribution in [0.2, 0.25) is 5.02 Å². The molecule has 0 atom stereocenters. The molecule has 6 heteroatoms. The van der Waals surface area contributed by atoms with Crippen molar-refractivity contribution in [3.8, 4) is 5.75 Å². The largest absolute Gasteiger partial charge is 0.494 e. The predicted molar refractivity (Wildman–Crippen MR) is 102 cm³/mol. The molecule has 4 nitrogen and oxygen atoms in total. The van der Waals surface area contributed by atoms with Gasteiger partial charge in [0.25, 0.3) is 0 Å². The number of rotatable bonds is 10. The fraction of sp³-hybridized carbons (Fsp3) is 0.368. The lowest BCUT2D eigenvalue weighted by atomic mass is 10.1. The zero-order valence-electron chi connectivity index (χ0n) is 14.4. The average Bonchev–Trinajstić information content (AvgIpc) is 2.61. The molecule has 0 saturated carbocycles. The first-order valence-electron chi connectivity index (χ1n) is 8.48. The number of hydrogen-bond acceptors (Lipinski definition) is 3. The molecule has 0 aliphatic carbocycles. The molecule has 0 heterocycles. The van der Waals surface area contributed by atoms with E-state index in [0.29, 0.717) is 23.9 Å². The molecule has 0 saturated heterocycles. The van der Waals surface area contributed by atoms with Crippen molar-refractivity contribution < 1.29 is 13.2 Å². The summed E-state index contributed by atoms with van der Waals surface area (Å²) in [6.45, 7) is 3.13. The number of nitrogens with one attached hydrogen (secondary N) is 1. The molecule has 0 aromatic heterocycles. The molecule has 0 amide bonds. The van der Waals surface area contributed by atoms with Crippen LogP contribution in [0, 0.1) is 0 Å². The van der Waals surface area contributed by atoms with E-state index in [1.807, 2.05) is 24.3 Å². The Morgan fingerprint density at radius 2 is 1.68 bits per heavy atom. The van der Waals surface area contributed by atoms with Crippen LogP contribution in [0.3, 0.4) is 0 Å². The summed E-state index contributed by atoms with van der Waals surface area (Å²) >= 11 is 5.85. The van der Waals surface area contributed by atoms with Crippen molar-refractivity contribution in [2.45, 2.75) is 37.5 Å². The van der Waals surface area contributed by atoms with Gasteiger partial charge in [-0.05, 0) is 61.2 Å². The minimum atomic E-state index is -3.49. The molecule has 25 heavy (non-hydrogen) atoms. The smallest absolute Gasteiger partial charge is 0.240 e. The topological polar surface area (TPSA) is 55.4 Å². The molecular formula is C19H24ClNO3S. The summed E-state index contributed by atoms with van der Waals surface area (Å²) in [6.07, 6.45) is 3.56. The molecule has 0 spiro atoms. The van der Waals surface area contributed by atoms with Crippen LogP contribution in [-0.4, -0.2) is 21.6 Å². The third kappa shape index (κ3) is 6.69. The number of unbranched alkanes of at least 4 members (excludes halogenated alkanes) is 1. The highest BCUT2D eigenvalue weighted by molar-refractivity contribution is 7.89. The maximum absolute atomic E-state index is 12.3. The second-order valence-corrected chi connectivity index (χ2v) is 8.00. The standard InChI is InChI=1S/C19H24ClNO3S/c1-2-3-15-24-18-10-12-19(13-11-18)25(22,23)21-14-4-5-16-6-8-17(20)9-7-16/h6-13,21H,2-5,14-15H2,1H3. The molecule has 2 aromatic carbocycles. The molecular weight excluding hydrogens is 358 g/mol. The fourth-order valence-corrected chi connectivity index (χ4v) is 3.48. The Morgan fingerprint density at radius 1 is 1.00 bits per heavy atom. The number of ether oxygens (including phenoxy) is 1. The summed E-state index contributed by atoms with van der Waals surface area (Å²) in [5, 5.41) is 0.701. The van der Waals surface area contributed by atoms with Crippen LogP contribution in [0.4, 0.5) is 0 Å². The van der Waals surface area contributed by atoms with Crippen molar-refractivity contribution in [3.63, 3.8) is 0 Å². The van der Waals surface area contributed by atoms with E-state index in [4.69, 9.17) is 16.3 Å². The fourth-order valence-electron chi connectivity index (χ4n) is 2.28. The van der Waals surface area contributed by atoms with Gasteiger partial charge in [0.1, 0.15) is 5.75 Å². The molecule has 0 aliphatic heterocycles. The maximum atomic E-state index is 12.3. The highest BCUT2D eigenvalue weighted by Gasteiger charge is 2.13. The summed E-state index contributed by atoms with van der Waals surface area (Å²) in [5.74, 6) is 0.690. The van der Waals surface area contributed by atoms with E-state index in [0.717, 1.165) is 31.2 Å². The van der Waals surface area contributed by atoms with Gasteiger partial charge in [-0.25, -0.2) is 13.1 Å². The number of hydrogen-bond donors (Lipinski definition) is 1. The number of aryl methyl sites for hydroxylation is 1. The van der Waals surface area contributed by atoms with Crippen molar-refractivity contribution in [2.24, 2.45) is 0 Å². The molecule has 2 rings (SSSR count). The van der Waals surface area contributed by atoms with Gasteiger partial charge in [-0.2, -0.15) is 0 Å². The normalized spacial score (nSPS) is 11.4. The Bertz CT molecular complexity index is 743. The van der Waals surface area contributed by atoms with E-state index < -0.39 is 10.0 Å². The second kappa shape index (κ2) is 9.80. The first-order chi connectivity index (χ1) is 12.0. The molecule has 0 bridgehead atoms. The Labute approximate surface area is 155 Å². The van der Waals surface area contributed by atoms with Crippen LogP contribution < -0.4 is 9.46 Å². The van der Waals surface area contributed by atoms with Gasteiger partial charge in [0.2, 0.25) is 10.0 Å². The van der Waals surface area contributed by atoms with Crippen LogP contribution in [0.1, 0.15) is 31.7 Å². The van der Waals surface area contributed by atoms with E-state index in [1.54, 1.807) is 24.3 Å². The molecule has 0 radical (unpaired) electrons. The van der Waals surface area contributed by atoms with Gasteiger partial charge in [0.15, 0.2) is 0 Å². The molecule has 136 valence electrons. The highest BCUT2D eigenvalue weighted by atomic mass is 35.5. The van der Waals surface area contributed by atoms with E-state index >= 15 is 0 Å². The van der Waals surface area contributed by atoms with E-state index in [2.05, 4.69) is 11.6 Å². The van der Waals surface area contributed by atoms with Crippen molar-refractivity contribution in [3.05, 3.63) is 59.1 Å². The van der Waals surface area contributed by atoms with Gasteiger partial charge >= 0.3 is 0 Å². The summed E-state index contributed by atoms with van der Waals surface area (Å²) in [5.41, 5.74) is 1.14. The van der Waals surface area contributed by atoms with Gasteiger partial charge in [-0.15, -0.1) is 0 Å². The van der Waals surface area contributed by atoms with E-state index in [-0.39, 0.29) is 4.90 Å². The number of benzene rings is 2. The number of halogens is 1. The van der Waals surface area contributed by atoms with Crippen molar-refractivity contribution in [2.75, 3.05) is 13.2 Å². The Kier molecular flexibility index (Phi) is 7.75. The van der Waals surface area contributed by atoms with E-state index in [1.165, 1.54) is 0 Å². The maximum Gasteiger partial charge on any atom is 0.240 e. The molecule has 1 N–H and O–H groups in total. The van der Waals surface area contributed by atoms with Gasteiger partial charge in [-0.1, -0.05) is 37.1 Å². The predicted octanol–water partition coefficient (Wildman–Crippen LogP) is 4.43. The first kappa shape index (κ1) is 19.8. The first-order valence-corrected chi connectivity index (χ1v) is 10.3. The lowest BCUT2D eigenvalue weighted by Gasteiger charge is -2.09. The van der Waals surface area contributed by atoms with Crippen LogP contribution in [0.5, 0.6) is 5.75 Å². The average molecular weight is 382 g/mol. The van der Waals surface area contributed by atoms with E-state index in [9.17, 15) is 8.42 Å². The molecule has 0 fully saturated rings. The summed E-state index contributed by atoms with van der Waals surface area (Å²) < 4.78 is 32.8. The third-order valence-corrected chi connectivity index (χ3v) is 5.48. The van der Waals surface area contributed by atoms with Crippen molar-refractivity contribution >= 4 is 21.6 Å². The number of sulfonamides is 1. The van der Waals surface area contributed by atoms with Crippen LogP contribution in [-0.2, 0) is 16.4 Å². The Hall–Kier alpha value is -1.56. The lowest BCUT2D eigenvalue weighted by Crippen LogP contribution is -2.25. The summed E-state index contributed by atoms with van der Waals surface area (Å²) in [6, 6.07) is 14.1. The van der Waals surface area contributed by atoms with Crippen LogP contribution in [0.25, 0.3) is 0 Å². The van der Waals surface area contributed by atoms with Crippen molar-refractivity contribution in [1.29, 1.82) is 0 Å². The lowest BCUT2D eigenvalue weighted by molar-refractivity contribution is 0.309. The summed E-state index contributed by atoms with van der Waals surface area (Å²) in [7, 11) is -3.49. The van der Waals surface area contributed by atoms with Crippen molar-refractivity contribution in [1.82, 2.24) is 4.72 Å².